The number of hydrogen-bond acceptors (Lipinski definition) is 4. The van der Waals surface area contributed by atoms with Crippen molar-refractivity contribution in [2.45, 2.75) is 6.04 Å². The van der Waals surface area contributed by atoms with E-state index >= 15 is 0 Å². The third kappa shape index (κ3) is 5.36. The average molecular weight is 354 g/mol. The van der Waals surface area contributed by atoms with Gasteiger partial charge >= 0.3 is 0 Å². The molecule has 0 fully saturated rings. The Morgan fingerprint density at radius 3 is 2.42 bits per heavy atom. The highest BCUT2D eigenvalue weighted by molar-refractivity contribution is 5.92. The fraction of sp³-hybridized carbons (Fsp3) is 0.286. The topological polar surface area (TPSA) is 50.8 Å². The fourth-order valence-corrected chi connectivity index (χ4v) is 2.71. The van der Waals surface area contributed by atoms with Gasteiger partial charge in [0.05, 0.1) is 20.3 Å². The van der Waals surface area contributed by atoms with Crippen molar-refractivity contribution in [2.75, 3.05) is 34.9 Å². The summed E-state index contributed by atoms with van der Waals surface area (Å²) in [6.07, 6.45) is 3.25. The SMILES string of the molecule is COc1cccc(/C=C/C(=O)N[C@@H](CN(C)C)c2ccccc2)c1OC. The molecule has 2 aromatic carbocycles. The van der Waals surface area contributed by atoms with E-state index in [0.29, 0.717) is 18.0 Å². The molecule has 0 saturated heterocycles. The van der Waals surface area contributed by atoms with Gasteiger partial charge in [-0.05, 0) is 31.8 Å². The number of methoxy groups -OCH3 is 2. The van der Waals surface area contributed by atoms with Crippen molar-refractivity contribution in [3.63, 3.8) is 0 Å². The van der Waals surface area contributed by atoms with Crippen LogP contribution in [0.3, 0.4) is 0 Å². The summed E-state index contributed by atoms with van der Waals surface area (Å²) >= 11 is 0. The van der Waals surface area contributed by atoms with Gasteiger partial charge in [-0.3, -0.25) is 4.79 Å². The number of amides is 1. The van der Waals surface area contributed by atoms with Gasteiger partial charge in [0.15, 0.2) is 11.5 Å². The van der Waals surface area contributed by atoms with Gasteiger partial charge in [0, 0.05) is 18.2 Å². The van der Waals surface area contributed by atoms with Gasteiger partial charge in [0.2, 0.25) is 5.91 Å². The Labute approximate surface area is 155 Å². The molecule has 0 aromatic heterocycles. The minimum absolute atomic E-state index is 0.0874. The van der Waals surface area contributed by atoms with Crippen molar-refractivity contribution in [1.29, 1.82) is 0 Å². The molecule has 0 heterocycles. The summed E-state index contributed by atoms with van der Waals surface area (Å²) in [6, 6.07) is 15.4. The summed E-state index contributed by atoms with van der Waals surface area (Å²) < 4.78 is 10.7. The third-order valence-corrected chi connectivity index (χ3v) is 3.91. The first-order valence-corrected chi connectivity index (χ1v) is 8.44. The smallest absolute Gasteiger partial charge is 0.244 e. The van der Waals surface area contributed by atoms with Crippen LogP contribution in [0.25, 0.3) is 6.08 Å². The standard InChI is InChI=1S/C21H26N2O3/c1-23(2)15-18(16-9-6-5-7-10-16)22-20(24)14-13-17-11-8-12-19(25-3)21(17)26-4/h5-14,18H,15H2,1-4H3,(H,22,24)/b14-13+/t18-/m0/s1. The summed E-state index contributed by atoms with van der Waals surface area (Å²) in [7, 11) is 7.14. The quantitative estimate of drug-likeness (QED) is 0.740. The number of ether oxygens (including phenoxy) is 2. The lowest BCUT2D eigenvalue weighted by Crippen LogP contribution is -2.34. The van der Waals surface area contributed by atoms with Crippen molar-refractivity contribution < 1.29 is 14.3 Å². The average Bonchev–Trinajstić information content (AvgIpc) is 2.65. The minimum Gasteiger partial charge on any atom is -0.493 e. The van der Waals surface area contributed by atoms with E-state index < -0.39 is 0 Å². The van der Waals surface area contributed by atoms with E-state index in [1.54, 1.807) is 20.3 Å². The molecular weight excluding hydrogens is 328 g/mol. The highest BCUT2D eigenvalue weighted by Crippen LogP contribution is 2.31. The molecule has 0 unspecified atom stereocenters. The third-order valence-electron chi connectivity index (χ3n) is 3.91. The second-order valence-electron chi connectivity index (χ2n) is 6.15. The van der Waals surface area contributed by atoms with Crippen LogP contribution in [0.2, 0.25) is 0 Å². The van der Waals surface area contributed by atoms with E-state index in [9.17, 15) is 4.79 Å². The lowest BCUT2D eigenvalue weighted by molar-refractivity contribution is -0.117. The van der Waals surface area contributed by atoms with Gasteiger partial charge in [-0.2, -0.15) is 0 Å². The molecule has 5 heteroatoms. The Morgan fingerprint density at radius 2 is 1.81 bits per heavy atom. The lowest BCUT2D eigenvalue weighted by atomic mass is 10.1. The first kappa shape index (κ1) is 19.5. The van der Waals surface area contributed by atoms with Crippen molar-refractivity contribution in [3.8, 4) is 11.5 Å². The minimum atomic E-state index is -0.162. The molecule has 138 valence electrons. The highest BCUT2D eigenvalue weighted by Gasteiger charge is 2.14. The zero-order valence-corrected chi connectivity index (χ0v) is 15.7. The van der Waals surface area contributed by atoms with Gasteiger partial charge < -0.3 is 19.7 Å². The van der Waals surface area contributed by atoms with Gasteiger partial charge in [-0.15, -0.1) is 0 Å². The number of carbonyl (C=O) groups excluding carboxylic acids is 1. The molecule has 0 aliphatic carbocycles. The second-order valence-corrected chi connectivity index (χ2v) is 6.15. The Kier molecular flexibility index (Phi) is 7.24. The highest BCUT2D eigenvalue weighted by atomic mass is 16.5. The summed E-state index contributed by atoms with van der Waals surface area (Å²) in [5.41, 5.74) is 1.85. The molecule has 0 bridgehead atoms. The van der Waals surface area contributed by atoms with Crippen LogP contribution < -0.4 is 14.8 Å². The first-order chi connectivity index (χ1) is 12.5. The van der Waals surface area contributed by atoms with Crippen molar-refractivity contribution >= 4 is 12.0 Å². The van der Waals surface area contributed by atoms with Crippen molar-refractivity contribution in [2.24, 2.45) is 0 Å². The van der Waals surface area contributed by atoms with Crippen LogP contribution >= 0.6 is 0 Å². The molecule has 0 radical (unpaired) electrons. The number of para-hydroxylation sites is 1. The van der Waals surface area contributed by atoms with E-state index in [-0.39, 0.29) is 11.9 Å². The molecule has 0 aliphatic heterocycles. The van der Waals surface area contributed by atoms with E-state index in [1.165, 1.54) is 6.08 Å². The molecular formula is C21H26N2O3. The second kappa shape index (κ2) is 9.63. The molecule has 1 N–H and O–H groups in total. The summed E-state index contributed by atoms with van der Waals surface area (Å²) in [4.78, 5) is 14.5. The molecule has 2 rings (SSSR count). The Hall–Kier alpha value is -2.79. The van der Waals surface area contributed by atoms with E-state index in [0.717, 1.165) is 11.1 Å². The van der Waals surface area contributed by atoms with E-state index in [4.69, 9.17) is 9.47 Å². The summed E-state index contributed by atoms with van der Waals surface area (Å²) in [5.74, 6) is 1.07. The lowest BCUT2D eigenvalue weighted by Gasteiger charge is -2.22. The van der Waals surface area contributed by atoms with E-state index in [1.807, 2.05) is 67.5 Å². The Bertz CT molecular complexity index is 742. The Morgan fingerprint density at radius 1 is 1.08 bits per heavy atom. The first-order valence-electron chi connectivity index (χ1n) is 8.44. The predicted molar refractivity (Wildman–Crippen MR) is 104 cm³/mol. The van der Waals surface area contributed by atoms with Gasteiger partial charge in [0.25, 0.3) is 0 Å². The van der Waals surface area contributed by atoms with Gasteiger partial charge in [-0.1, -0.05) is 42.5 Å². The van der Waals surface area contributed by atoms with Crippen LogP contribution in [0.4, 0.5) is 0 Å². The van der Waals surface area contributed by atoms with Crippen molar-refractivity contribution in [3.05, 3.63) is 65.7 Å². The molecule has 0 saturated carbocycles. The molecule has 5 nitrogen and oxygen atoms in total. The van der Waals surface area contributed by atoms with Crippen LogP contribution in [0.5, 0.6) is 11.5 Å². The maximum absolute atomic E-state index is 12.4. The summed E-state index contributed by atoms with van der Waals surface area (Å²) in [5, 5.41) is 3.06. The number of nitrogens with one attached hydrogen (secondary N) is 1. The molecule has 0 aliphatic rings. The predicted octanol–water partition coefficient (Wildman–Crippen LogP) is 3.14. The number of likely N-dealkylation sites (N-methyl/N-ethyl adjacent to an activating group) is 1. The van der Waals surface area contributed by atoms with E-state index in [2.05, 4.69) is 5.32 Å². The molecule has 0 spiro atoms. The van der Waals surface area contributed by atoms with Gasteiger partial charge in [0.1, 0.15) is 0 Å². The summed E-state index contributed by atoms with van der Waals surface area (Å²) in [6.45, 7) is 0.714. The fourth-order valence-electron chi connectivity index (χ4n) is 2.71. The van der Waals surface area contributed by atoms with Crippen LogP contribution in [-0.2, 0) is 4.79 Å². The number of nitrogens with zero attached hydrogens (tertiary/aromatic N) is 1. The normalized spacial score (nSPS) is 12.2. The van der Waals surface area contributed by atoms with Crippen LogP contribution in [0.1, 0.15) is 17.2 Å². The van der Waals surface area contributed by atoms with Crippen LogP contribution in [-0.4, -0.2) is 45.7 Å². The number of benzene rings is 2. The number of rotatable bonds is 8. The maximum Gasteiger partial charge on any atom is 0.244 e. The maximum atomic E-state index is 12.4. The molecule has 1 atom stereocenters. The molecule has 1 amide bonds. The molecule has 2 aromatic rings. The van der Waals surface area contributed by atoms with Crippen LogP contribution in [0.15, 0.2) is 54.6 Å². The zero-order valence-electron chi connectivity index (χ0n) is 15.7. The Balaban J connectivity index is 2.14. The van der Waals surface area contributed by atoms with Gasteiger partial charge in [-0.25, -0.2) is 0 Å². The number of hydrogen-bond donors (Lipinski definition) is 1. The van der Waals surface area contributed by atoms with Crippen LogP contribution in [0, 0.1) is 0 Å². The largest absolute Gasteiger partial charge is 0.493 e. The number of carbonyl (C=O) groups is 1. The van der Waals surface area contributed by atoms with Crippen molar-refractivity contribution in [1.82, 2.24) is 10.2 Å². The zero-order chi connectivity index (χ0) is 18.9. The monoisotopic (exact) mass is 354 g/mol. The molecule has 26 heavy (non-hydrogen) atoms.